The highest BCUT2D eigenvalue weighted by Gasteiger charge is 2.01. The fraction of sp³-hybridized carbons (Fsp3) is 0.650. The molecular formula is C20H33NO. The van der Waals surface area contributed by atoms with Crippen LogP contribution >= 0.6 is 0 Å². The van der Waals surface area contributed by atoms with Crippen LogP contribution < -0.4 is 5.32 Å². The summed E-state index contributed by atoms with van der Waals surface area (Å²) in [6.45, 7) is 2.91. The van der Waals surface area contributed by atoms with Crippen molar-refractivity contribution >= 4 is 5.91 Å². The third kappa shape index (κ3) is 10.4. The first kappa shape index (κ1) is 18.7. The van der Waals surface area contributed by atoms with E-state index in [1.54, 1.807) is 0 Å². The van der Waals surface area contributed by atoms with Gasteiger partial charge in [-0.3, -0.25) is 4.79 Å². The molecule has 1 aromatic rings. The number of unbranched alkanes of at least 4 members (excludes halogenated alkanes) is 9. The Morgan fingerprint density at radius 1 is 0.818 bits per heavy atom. The smallest absolute Gasteiger partial charge is 0.220 e. The van der Waals surface area contributed by atoms with Gasteiger partial charge in [-0.25, -0.2) is 0 Å². The Kier molecular flexibility index (Phi) is 11.4. The number of carbonyl (C=O) groups is 1. The van der Waals surface area contributed by atoms with Gasteiger partial charge < -0.3 is 5.32 Å². The van der Waals surface area contributed by atoms with Gasteiger partial charge in [0.25, 0.3) is 0 Å². The Morgan fingerprint density at radius 3 is 1.95 bits per heavy atom. The molecule has 124 valence electrons. The number of hydrogen-bond donors (Lipinski definition) is 1. The van der Waals surface area contributed by atoms with Gasteiger partial charge >= 0.3 is 0 Å². The first-order chi connectivity index (χ1) is 10.8. The predicted octanol–water partition coefficient (Wildman–Crippen LogP) is 5.61. The minimum Gasteiger partial charge on any atom is -0.352 e. The minimum absolute atomic E-state index is 0.184. The summed E-state index contributed by atoms with van der Waals surface area (Å²) < 4.78 is 0. The second kappa shape index (κ2) is 13.4. The zero-order valence-corrected chi connectivity index (χ0v) is 14.3. The molecule has 0 saturated heterocycles. The standard InChI is InChI=1S/C20H33NO/c1-2-3-4-5-6-7-8-9-10-14-17-20(22)21-18-19-15-12-11-13-16-19/h11-13,15-16H,2-10,14,17-18H2,1H3,(H,21,22). The van der Waals surface area contributed by atoms with Gasteiger partial charge in [0, 0.05) is 13.0 Å². The summed E-state index contributed by atoms with van der Waals surface area (Å²) in [5, 5.41) is 2.99. The van der Waals surface area contributed by atoms with Crippen molar-refractivity contribution < 1.29 is 4.79 Å². The van der Waals surface area contributed by atoms with E-state index in [0.29, 0.717) is 13.0 Å². The quantitative estimate of drug-likeness (QED) is 0.471. The molecule has 0 fully saturated rings. The number of hydrogen-bond acceptors (Lipinski definition) is 1. The van der Waals surface area contributed by atoms with Gasteiger partial charge in [-0.05, 0) is 12.0 Å². The summed E-state index contributed by atoms with van der Waals surface area (Å²) in [7, 11) is 0. The molecule has 2 nitrogen and oxygen atoms in total. The van der Waals surface area contributed by atoms with Crippen LogP contribution in [0.1, 0.15) is 83.1 Å². The van der Waals surface area contributed by atoms with Crippen molar-refractivity contribution in [3.8, 4) is 0 Å². The summed E-state index contributed by atoms with van der Waals surface area (Å²) in [6.07, 6.45) is 13.8. The number of rotatable bonds is 13. The Bertz CT molecular complexity index is 375. The second-order valence-corrected chi connectivity index (χ2v) is 6.19. The molecular weight excluding hydrogens is 270 g/mol. The van der Waals surface area contributed by atoms with Crippen molar-refractivity contribution in [3.63, 3.8) is 0 Å². The van der Waals surface area contributed by atoms with Crippen LogP contribution in [0.4, 0.5) is 0 Å². The number of nitrogens with one attached hydrogen (secondary N) is 1. The molecule has 1 amide bonds. The van der Waals surface area contributed by atoms with Crippen LogP contribution in [-0.4, -0.2) is 5.91 Å². The lowest BCUT2D eigenvalue weighted by molar-refractivity contribution is -0.121. The normalized spacial score (nSPS) is 10.6. The fourth-order valence-electron chi connectivity index (χ4n) is 2.66. The summed E-state index contributed by atoms with van der Waals surface area (Å²) in [4.78, 5) is 11.7. The summed E-state index contributed by atoms with van der Waals surface area (Å²) in [5.74, 6) is 0.184. The van der Waals surface area contributed by atoms with E-state index in [1.165, 1.54) is 63.4 Å². The number of benzene rings is 1. The zero-order chi connectivity index (χ0) is 15.9. The molecule has 1 aromatic carbocycles. The third-order valence-electron chi connectivity index (χ3n) is 4.09. The predicted molar refractivity (Wildman–Crippen MR) is 94.7 cm³/mol. The molecule has 0 spiro atoms. The van der Waals surface area contributed by atoms with Crippen LogP contribution in [0.25, 0.3) is 0 Å². The average Bonchev–Trinajstić information content (AvgIpc) is 2.55. The van der Waals surface area contributed by atoms with E-state index < -0.39 is 0 Å². The van der Waals surface area contributed by atoms with Crippen molar-refractivity contribution in [2.24, 2.45) is 0 Å². The molecule has 0 atom stereocenters. The molecule has 0 aliphatic heterocycles. The van der Waals surface area contributed by atoms with E-state index in [4.69, 9.17) is 0 Å². The maximum Gasteiger partial charge on any atom is 0.220 e. The largest absolute Gasteiger partial charge is 0.352 e. The molecule has 0 unspecified atom stereocenters. The molecule has 22 heavy (non-hydrogen) atoms. The molecule has 2 heteroatoms. The Balaban J connectivity index is 1.87. The number of carbonyl (C=O) groups excluding carboxylic acids is 1. The minimum atomic E-state index is 0.184. The zero-order valence-electron chi connectivity index (χ0n) is 14.3. The molecule has 1 N–H and O–H groups in total. The molecule has 0 radical (unpaired) electrons. The van der Waals surface area contributed by atoms with Crippen molar-refractivity contribution in [3.05, 3.63) is 35.9 Å². The molecule has 0 aromatic heterocycles. The van der Waals surface area contributed by atoms with E-state index in [-0.39, 0.29) is 5.91 Å². The van der Waals surface area contributed by atoms with Gasteiger partial charge in [-0.2, -0.15) is 0 Å². The van der Waals surface area contributed by atoms with Gasteiger partial charge in [-0.15, -0.1) is 0 Å². The monoisotopic (exact) mass is 303 g/mol. The van der Waals surface area contributed by atoms with Crippen molar-refractivity contribution in [1.29, 1.82) is 0 Å². The van der Waals surface area contributed by atoms with Gasteiger partial charge in [0.15, 0.2) is 0 Å². The topological polar surface area (TPSA) is 29.1 Å². The molecule has 0 saturated carbocycles. The lowest BCUT2D eigenvalue weighted by Gasteiger charge is -2.05. The lowest BCUT2D eigenvalue weighted by Crippen LogP contribution is -2.22. The Hall–Kier alpha value is -1.31. The van der Waals surface area contributed by atoms with E-state index >= 15 is 0 Å². The van der Waals surface area contributed by atoms with E-state index in [1.807, 2.05) is 30.3 Å². The summed E-state index contributed by atoms with van der Waals surface area (Å²) >= 11 is 0. The summed E-state index contributed by atoms with van der Waals surface area (Å²) in [5.41, 5.74) is 1.17. The van der Waals surface area contributed by atoms with Crippen LogP contribution in [-0.2, 0) is 11.3 Å². The Morgan fingerprint density at radius 2 is 1.36 bits per heavy atom. The molecule has 0 aliphatic carbocycles. The van der Waals surface area contributed by atoms with Gasteiger partial charge in [0.2, 0.25) is 5.91 Å². The highest BCUT2D eigenvalue weighted by atomic mass is 16.1. The lowest BCUT2D eigenvalue weighted by atomic mass is 10.1. The van der Waals surface area contributed by atoms with Crippen LogP contribution in [0.15, 0.2) is 30.3 Å². The fourth-order valence-corrected chi connectivity index (χ4v) is 2.66. The molecule has 0 heterocycles. The highest BCUT2D eigenvalue weighted by molar-refractivity contribution is 5.75. The first-order valence-electron chi connectivity index (χ1n) is 9.13. The maximum atomic E-state index is 11.7. The van der Waals surface area contributed by atoms with Crippen molar-refractivity contribution in [1.82, 2.24) is 5.32 Å². The number of amides is 1. The molecule has 0 aliphatic rings. The summed E-state index contributed by atoms with van der Waals surface area (Å²) in [6, 6.07) is 10.1. The van der Waals surface area contributed by atoms with Crippen LogP contribution in [0.3, 0.4) is 0 Å². The second-order valence-electron chi connectivity index (χ2n) is 6.19. The van der Waals surface area contributed by atoms with E-state index in [0.717, 1.165) is 6.42 Å². The van der Waals surface area contributed by atoms with Gasteiger partial charge in [0.1, 0.15) is 0 Å². The van der Waals surface area contributed by atoms with Crippen LogP contribution in [0, 0.1) is 0 Å². The average molecular weight is 303 g/mol. The highest BCUT2D eigenvalue weighted by Crippen LogP contribution is 2.11. The third-order valence-corrected chi connectivity index (χ3v) is 4.09. The first-order valence-corrected chi connectivity index (χ1v) is 9.13. The van der Waals surface area contributed by atoms with Crippen molar-refractivity contribution in [2.75, 3.05) is 0 Å². The van der Waals surface area contributed by atoms with E-state index in [9.17, 15) is 4.79 Å². The van der Waals surface area contributed by atoms with Crippen molar-refractivity contribution in [2.45, 2.75) is 84.1 Å². The maximum absolute atomic E-state index is 11.7. The molecule has 0 bridgehead atoms. The van der Waals surface area contributed by atoms with Crippen LogP contribution in [0.2, 0.25) is 0 Å². The van der Waals surface area contributed by atoms with Gasteiger partial charge in [-0.1, -0.05) is 95.0 Å². The molecule has 1 rings (SSSR count). The van der Waals surface area contributed by atoms with Gasteiger partial charge in [0.05, 0.1) is 0 Å². The van der Waals surface area contributed by atoms with Crippen LogP contribution in [0.5, 0.6) is 0 Å². The SMILES string of the molecule is CCCCCCCCCCCCC(=O)NCc1ccccc1. The Labute approximate surface area is 136 Å². The van der Waals surface area contributed by atoms with E-state index in [2.05, 4.69) is 12.2 Å².